The number of hydrogen-bond acceptors (Lipinski definition) is 2. The van der Waals surface area contributed by atoms with Crippen LogP contribution >= 0.6 is 0 Å². The minimum Gasteiger partial charge on any atom is -0.497 e. The van der Waals surface area contributed by atoms with Gasteiger partial charge >= 0.3 is 0 Å². The Bertz CT molecular complexity index is 449. The highest BCUT2D eigenvalue weighted by Gasteiger charge is 2.01. The molecule has 0 saturated carbocycles. The third-order valence-electron chi connectivity index (χ3n) is 2.20. The molecule has 2 aromatic carbocycles. The van der Waals surface area contributed by atoms with Crippen molar-refractivity contribution in [3.8, 4) is 11.5 Å². The molecule has 0 aromatic heterocycles. The number of methoxy groups -OCH3 is 2. The van der Waals surface area contributed by atoms with Crippen molar-refractivity contribution in [3.63, 3.8) is 0 Å². The number of ether oxygens (including phenoxy) is 2. The zero-order valence-corrected chi connectivity index (χ0v) is 8.20. The number of rotatable bonds is 2. The SMILES string of the molecule is COc1ccc2c[c]cc(OC)c2c1. The summed E-state index contributed by atoms with van der Waals surface area (Å²) < 4.78 is 10.4. The summed E-state index contributed by atoms with van der Waals surface area (Å²) in [6.07, 6.45) is 0. The van der Waals surface area contributed by atoms with Crippen molar-refractivity contribution in [1.29, 1.82) is 0 Å². The molecule has 14 heavy (non-hydrogen) atoms. The highest BCUT2D eigenvalue weighted by Crippen LogP contribution is 2.28. The van der Waals surface area contributed by atoms with Crippen LogP contribution in [0.5, 0.6) is 11.5 Å². The lowest BCUT2D eigenvalue weighted by molar-refractivity contribution is 0.412. The second-order valence-electron chi connectivity index (χ2n) is 2.98. The van der Waals surface area contributed by atoms with Crippen molar-refractivity contribution < 1.29 is 9.47 Å². The molecular weight excluding hydrogens is 176 g/mol. The Morgan fingerprint density at radius 1 is 1.07 bits per heavy atom. The van der Waals surface area contributed by atoms with Crippen LogP contribution in [0.2, 0.25) is 0 Å². The van der Waals surface area contributed by atoms with Gasteiger partial charge in [-0.25, -0.2) is 0 Å². The van der Waals surface area contributed by atoms with Crippen LogP contribution in [-0.2, 0) is 0 Å². The highest BCUT2D eigenvalue weighted by molar-refractivity contribution is 5.89. The first-order valence-corrected chi connectivity index (χ1v) is 4.37. The van der Waals surface area contributed by atoms with Gasteiger partial charge in [-0.05, 0) is 35.7 Å². The van der Waals surface area contributed by atoms with Crippen molar-refractivity contribution in [2.24, 2.45) is 0 Å². The molecule has 2 nitrogen and oxygen atoms in total. The Labute approximate surface area is 83.1 Å². The first-order valence-electron chi connectivity index (χ1n) is 4.37. The summed E-state index contributed by atoms with van der Waals surface area (Å²) in [6.45, 7) is 0. The molecule has 0 atom stereocenters. The van der Waals surface area contributed by atoms with Gasteiger partial charge in [0.05, 0.1) is 14.2 Å². The maximum atomic E-state index is 5.24. The fourth-order valence-electron chi connectivity index (χ4n) is 1.46. The lowest BCUT2D eigenvalue weighted by Crippen LogP contribution is -1.86. The summed E-state index contributed by atoms with van der Waals surface area (Å²) in [5.41, 5.74) is 0. The molecule has 0 fully saturated rings. The van der Waals surface area contributed by atoms with Gasteiger partial charge in [-0.1, -0.05) is 6.07 Å². The molecule has 0 aliphatic carbocycles. The van der Waals surface area contributed by atoms with E-state index in [0.717, 1.165) is 22.3 Å². The Kier molecular flexibility index (Phi) is 2.27. The van der Waals surface area contributed by atoms with Crippen LogP contribution in [0.15, 0.2) is 30.3 Å². The van der Waals surface area contributed by atoms with Crippen LogP contribution in [0.1, 0.15) is 0 Å². The summed E-state index contributed by atoms with van der Waals surface area (Å²) in [7, 11) is 3.31. The number of benzene rings is 2. The van der Waals surface area contributed by atoms with Crippen LogP contribution in [0, 0.1) is 6.07 Å². The molecule has 1 radical (unpaired) electrons. The number of fused-ring (bicyclic) bond motifs is 1. The number of hydrogen-bond donors (Lipinski definition) is 0. The molecular formula is C12H11O2. The largest absolute Gasteiger partial charge is 0.497 e. The quantitative estimate of drug-likeness (QED) is 0.719. The molecule has 0 bridgehead atoms. The van der Waals surface area contributed by atoms with Gasteiger partial charge in [0.1, 0.15) is 11.5 Å². The van der Waals surface area contributed by atoms with Gasteiger partial charge in [-0.15, -0.1) is 0 Å². The van der Waals surface area contributed by atoms with Gasteiger partial charge in [-0.2, -0.15) is 0 Å². The van der Waals surface area contributed by atoms with E-state index in [4.69, 9.17) is 9.47 Å². The Morgan fingerprint density at radius 2 is 1.93 bits per heavy atom. The van der Waals surface area contributed by atoms with Gasteiger partial charge in [0, 0.05) is 5.39 Å². The molecule has 0 aliphatic heterocycles. The van der Waals surface area contributed by atoms with E-state index in [1.807, 2.05) is 30.3 Å². The van der Waals surface area contributed by atoms with E-state index in [-0.39, 0.29) is 0 Å². The fraction of sp³-hybridized carbons (Fsp3) is 0.167. The monoisotopic (exact) mass is 187 g/mol. The zero-order valence-electron chi connectivity index (χ0n) is 8.20. The molecule has 2 heteroatoms. The van der Waals surface area contributed by atoms with E-state index in [9.17, 15) is 0 Å². The van der Waals surface area contributed by atoms with Crippen LogP contribution < -0.4 is 9.47 Å². The standard InChI is InChI=1S/C12H11O2/c1-13-10-7-6-9-4-3-5-12(14-2)11(9)8-10/h4-8H,1-2H3. The lowest BCUT2D eigenvalue weighted by Gasteiger charge is -2.06. The molecule has 0 heterocycles. The normalized spacial score (nSPS) is 10.1. The Morgan fingerprint density at radius 3 is 2.64 bits per heavy atom. The molecule has 0 saturated heterocycles. The second kappa shape index (κ2) is 3.58. The average molecular weight is 187 g/mol. The predicted octanol–water partition coefficient (Wildman–Crippen LogP) is 2.66. The van der Waals surface area contributed by atoms with E-state index in [1.165, 1.54) is 0 Å². The molecule has 0 N–H and O–H groups in total. The van der Waals surface area contributed by atoms with Crippen molar-refractivity contribution in [2.75, 3.05) is 14.2 Å². The van der Waals surface area contributed by atoms with Crippen LogP contribution in [-0.4, -0.2) is 14.2 Å². The highest BCUT2D eigenvalue weighted by atomic mass is 16.5. The molecule has 0 amide bonds. The van der Waals surface area contributed by atoms with Gasteiger partial charge in [-0.3, -0.25) is 0 Å². The van der Waals surface area contributed by atoms with Crippen molar-refractivity contribution >= 4 is 10.8 Å². The zero-order chi connectivity index (χ0) is 9.97. The third-order valence-corrected chi connectivity index (χ3v) is 2.20. The molecule has 71 valence electrons. The topological polar surface area (TPSA) is 18.5 Å². The summed E-state index contributed by atoms with van der Waals surface area (Å²) in [6, 6.07) is 12.7. The van der Waals surface area contributed by atoms with Gasteiger partial charge in [0.15, 0.2) is 0 Å². The van der Waals surface area contributed by atoms with E-state index in [2.05, 4.69) is 6.07 Å². The minimum atomic E-state index is 0.821. The first-order chi connectivity index (χ1) is 6.85. The van der Waals surface area contributed by atoms with Gasteiger partial charge in [0.2, 0.25) is 0 Å². The predicted molar refractivity (Wildman–Crippen MR) is 55.9 cm³/mol. The Balaban J connectivity index is 2.70. The summed E-state index contributed by atoms with van der Waals surface area (Å²) >= 11 is 0. The molecule has 0 aliphatic rings. The maximum absolute atomic E-state index is 5.24. The third kappa shape index (κ3) is 1.39. The second-order valence-corrected chi connectivity index (χ2v) is 2.98. The van der Waals surface area contributed by atoms with E-state index < -0.39 is 0 Å². The van der Waals surface area contributed by atoms with Gasteiger partial charge in [0.25, 0.3) is 0 Å². The smallest absolute Gasteiger partial charge is 0.127 e. The van der Waals surface area contributed by atoms with Crippen LogP contribution in [0.25, 0.3) is 10.8 Å². The Hall–Kier alpha value is -1.70. The maximum Gasteiger partial charge on any atom is 0.127 e. The molecule has 2 aromatic rings. The molecule has 0 unspecified atom stereocenters. The summed E-state index contributed by atoms with van der Waals surface area (Å²) in [5.74, 6) is 1.66. The van der Waals surface area contributed by atoms with Crippen molar-refractivity contribution in [1.82, 2.24) is 0 Å². The van der Waals surface area contributed by atoms with Crippen LogP contribution in [0.4, 0.5) is 0 Å². The van der Waals surface area contributed by atoms with E-state index >= 15 is 0 Å². The molecule has 2 rings (SSSR count). The van der Waals surface area contributed by atoms with E-state index in [1.54, 1.807) is 14.2 Å². The van der Waals surface area contributed by atoms with Crippen molar-refractivity contribution in [2.45, 2.75) is 0 Å². The fourth-order valence-corrected chi connectivity index (χ4v) is 1.46. The summed E-state index contributed by atoms with van der Waals surface area (Å²) in [5, 5.41) is 2.15. The van der Waals surface area contributed by atoms with Crippen LogP contribution in [0.3, 0.4) is 0 Å². The minimum absolute atomic E-state index is 0.821. The van der Waals surface area contributed by atoms with Gasteiger partial charge < -0.3 is 9.47 Å². The van der Waals surface area contributed by atoms with Crippen molar-refractivity contribution in [3.05, 3.63) is 36.4 Å². The van der Waals surface area contributed by atoms with E-state index in [0.29, 0.717) is 0 Å². The average Bonchev–Trinajstić information content (AvgIpc) is 2.27. The first kappa shape index (κ1) is 8.88. The molecule has 0 spiro atoms. The summed E-state index contributed by atoms with van der Waals surface area (Å²) in [4.78, 5) is 0. The lowest BCUT2D eigenvalue weighted by atomic mass is 10.1.